The predicted octanol–water partition coefficient (Wildman–Crippen LogP) is 7.52. The van der Waals surface area contributed by atoms with E-state index in [1.54, 1.807) is 48.5 Å². The summed E-state index contributed by atoms with van der Waals surface area (Å²) in [6, 6.07) is 39.3. The number of carbonyl (C=O) groups excluding carboxylic acids is 3. The van der Waals surface area contributed by atoms with Crippen molar-refractivity contribution in [3.8, 4) is 5.75 Å². The van der Waals surface area contributed by atoms with Crippen LogP contribution in [0.3, 0.4) is 0 Å². The van der Waals surface area contributed by atoms with Gasteiger partial charge in [0.05, 0.1) is 7.11 Å². The number of rotatable bonds is 9. The molecule has 5 aromatic carbocycles. The number of ether oxygens (including phenoxy) is 2. The van der Waals surface area contributed by atoms with Crippen molar-refractivity contribution in [1.82, 2.24) is 0 Å². The first-order valence-electron chi connectivity index (χ1n) is 13.3. The summed E-state index contributed by atoms with van der Waals surface area (Å²) in [5.41, 5.74) is 3.95. The van der Waals surface area contributed by atoms with Crippen molar-refractivity contribution in [2.45, 2.75) is 6.10 Å². The maximum atomic E-state index is 12.8. The van der Waals surface area contributed by atoms with Crippen LogP contribution >= 0.6 is 0 Å². The third-order valence-electron chi connectivity index (χ3n) is 6.53. The molecule has 5 aromatic rings. The Morgan fingerprint density at radius 1 is 0.595 bits per heavy atom. The number of nitrogens with one attached hydrogen (secondary N) is 2. The Balaban J connectivity index is 1.32. The Kier molecular flexibility index (Phi) is 8.70. The van der Waals surface area contributed by atoms with Gasteiger partial charge in [-0.3, -0.25) is 4.79 Å². The zero-order valence-electron chi connectivity index (χ0n) is 22.8. The van der Waals surface area contributed by atoms with E-state index in [0.717, 1.165) is 11.1 Å². The second-order valence-electron chi connectivity index (χ2n) is 9.37. The highest BCUT2D eigenvalue weighted by atomic mass is 16.5. The zero-order valence-corrected chi connectivity index (χ0v) is 22.8. The average molecular weight is 557 g/mol. The van der Waals surface area contributed by atoms with Crippen molar-refractivity contribution in [1.29, 1.82) is 0 Å². The summed E-state index contributed by atoms with van der Waals surface area (Å²) in [5.74, 6) is -0.400. The van der Waals surface area contributed by atoms with Gasteiger partial charge >= 0.3 is 12.0 Å². The maximum Gasteiger partial charge on any atom is 0.341 e. The largest absolute Gasteiger partial charge is 0.480 e. The van der Waals surface area contributed by atoms with Gasteiger partial charge in [0, 0.05) is 22.5 Å². The van der Waals surface area contributed by atoms with Crippen LogP contribution in [0.5, 0.6) is 5.75 Å². The number of amides is 2. The van der Waals surface area contributed by atoms with E-state index in [1.165, 1.54) is 13.2 Å². The third kappa shape index (κ3) is 6.71. The topological polar surface area (TPSA) is 93.7 Å². The average Bonchev–Trinajstić information content (AvgIpc) is 3.05. The summed E-state index contributed by atoms with van der Waals surface area (Å²) >= 11 is 0. The van der Waals surface area contributed by atoms with Crippen LogP contribution in [0.1, 0.15) is 43.5 Å². The quantitative estimate of drug-likeness (QED) is 0.145. The molecule has 0 fully saturated rings. The normalized spacial score (nSPS) is 10.5. The summed E-state index contributed by atoms with van der Waals surface area (Å²) < 4.78 is 11.4. The monoisotopic (exact) mass is 556 g/mol. The summed E-state index contributed by atoms with van der Waals surface area (Å²) in [5, 5.41) is 5.48. The number of urea groups is 1. The molecule has 0 unspecified atom stereocenters. The van der Waals surface area contributed by atoms with Crippen LogP contribution in [0.25, 0.3) is 0 Å². The smallest absolute Gasteiger partial charge is 0.341 e. The van der Waals surface area contributed by atoms with Gasteiger partial charge in [0.25, 0.3) is 0 Å². The fourth-order valence-corrected chi connectivity index (χ4v) is 4.45. The van der Waals surface area contributed by atoms with Crippen LogP contribution in [-0.4, -0.2) is 24.9 Å². The van der Waals surface area contributed by atoms with E-state index in [-0.39, 0.29) is 11.3 Å². The van der Waals surface area contributed by atoms with Gasteiger partial charge in [-0.25, -0.2) is 9.59 Å². The fourth-order valence-electron chi connectivity index (χ4n) is 4.45. The standard InChI is InChI=1S/C35H28N2O5/c1-41-34(39)30-23-29(21-22-31(30)42-33(26-13-7-3-8-14-26)27-15-9-4-10-16-27)37-35(40)36-28-19-17-25(18-20-28)32(38)24-11-5-2-6-12-24/h2-23,33H,1H3,(H2,36,37,40). The molecule has 0 bridgehead atoms. The molecule has 0 spiro atoms. The Hall–Kier alpha value is -5.69. The van der Waals surface area contributed by atoms with Gasteiger partial charge in [-0.05, 0) is 53.6 Å². The molecule has 2 amide bonds. The number of hydrogen-bond donors (Lipinski definition) is 2. The predicted molar refractivity (Wildman–Crippen MR) is 162 cm³/mol. The van der Waals surface area contributed by atoms with Crippen LogP contribution in [-0.2, 0) is 4.74 Å². The highest BCUT2D eigenvalue weighted by molar-refractivity contribution is 6.09. The van der Waals surface area contributed by atoms with Gasteiger partial charge in [-0.2, -0.15) is 0 Å². The van der Waals surface area contributed by atoms with E-state index >= 15 is 0 Å². The molecular formula is C35H28N2O5. The first-order valence-corrected chi connectivity index (χ1v) is 13.3. The van der Waals surface area contributed by atoms with Crippen molar-refractivity contribution in [2.24, 2.45) is 0 Å². The lowest BCUT2D eigenvalue weighted by Gasteiger charge is -2.22. The highest BCUT2D eigenvalue weighted by Crippen LogP contribution is 2.32. The van der Waals surface area contributed by atoms with E-state index < -0.39 is 18.1 Å². The number of anilines is 2. The molecule has 208 valence electrons. The highest BCUT2D eigenvalue weighted by Gasteiger charge is 2.21. The Bertz CT molecular complexity index is 1630. The van der Waals surface area contributed by atoms with Crippen LogP contribution < -0.4 is 15.4 Å². The Labute approximate surface area is 243 Å². The number of hydrogen-bond acceptors (Lipinski definition) is 5. The second kappa shape index (κ2) is 13.1. The van der Waals surface area contributed by atoms with Crippen molar-refractivity contribution < 1.29 is 23.9 Å². The van der Waals surface area contributed by atoms with Gasteiger partial charge in [-0.15, -0.1) is 0 Å². The molecule has 2 N–H and O–H groups in total. The molecule has 7 nitrogen and oxygen atoms in total. The fraction of sp³-hybridized carbons (Fsp3) is 0.0571. The lowest BCUT2D eigenvalue weighted by molar-refractivity contribution is 0.0594. The van der Waals surface area contributed by atoms with E-state index in [0.29, 0.717) is 28.3 Å². The zero-order chi connectivity index (χ0) is 29.3. The molecule has 0 aliphatic rings. The van der Waals surface area contributed by atoms with Crippen LogP contribution in [0, 0.1) is 0 Å². The molecule has 0 heterocycles. The number of esters is 1. The minimum absolute atomic E-state index is 0.106. The Morgan fingerprint density at radius 2 is 1.10 bits per heavy atom. The molecule has 0 aliphatic carbocycles. The minimum atomic E-state index is -0.604. The van der Waals surface area contributed by atoms with Crippen LogP contribution in [0.2, 0.25) is 0 Å². The summed E-state index contributed by atoms with van der Waals surface area (Å²) in [6.45, 7) is 0. The van der Waals surface area contributed by atoms with Gasteiger partial charge < -0.3 is 20.1 Å². The van der Waals surface area contributed by atoms with Crippen molar-refractivity contribution in [3.63, 3.8) is 0 Å². The van der Waals surface area contributed by atoms with E-state index in [9.17, 15) is 14.4 Å². The number of methoxy groups -OCH3 is 1. The lowest BCUT2D eigenvalue weighted by Crippen LogP contribution is -2.20. The van der Waals surface area contributed by atoms with E-state index in [2.05, 4.69) is 10.6 Å². The molecule has 5 rings (SSSR count). The molecule has 7 heteroatoms. The molecule has 0 saturated heterocycles. The molecule has 0 saturated carbocycles. The third-order valence-corrected chi connectivity index (χ3v) is 6.53. The first kappa shape index (κ1) is 27.9. The molecule has 0 aliphatic heterocycles. The molecule has 0 aromatic heterocycles. The Morgan fingerprint density at radius 3 is 1.67 bits per heavy atom. The lowest BCUT2D eigenvalue weighted by atomic mass is 10.0. The summed E-state index contributed by atoms with van der Waals surface area (Å²) in [7, 11) is 1.29. The summed E-state index contributed by atoms with van der Waals surface area (Å²) in [4.78, 5) is 38.2. The van der Waals surface area contributed by atoms with Crippen molar-refractivity contribution in [3.05, 3.63) is 161 Å². The van der Waals surface area contributed by atoms with Crippen molar-refractivity contribution >= 4 is 29.2 Å². The van der Waals surface area contributed by atoms with Gasteiger partial charge in [0.1, 0.15) is 17.4 Å². The minimum Gasteiger partial charge on any atom is -0.480 e. The van der Waals surface area contributed by atoms with Crippen molar-refractivity contribution in [2.75, 3.05) is 17.7 Å². The van der Waals surface area contributed by atoms with Gasteiger partial charge in [0.15, 0.2) is 5.78 Å². The molecule has 0 atom stereocenters. The van der Waals surface area contributed by atoms with E-state index in [1.807, 2.05) is 78.9 Å². The van der Waals surface area contributed by atoms with Gasteiger partial charge in [-0.1, -0.05) is 91.0 Å². The van der Waals surface area contributed by atoms with E-state index in [4.69, 9.17) is 9.47 Å². The van der Waals surface area contributed by atoms with Crippen LogP contribution in [0.15, 0.2) is 133 Å². The van der Waals surface area contributed by atoms with Crippen LogP contribution in [0.4, 0.5) is 16.2 Å². The SMILES string of the molecule is COC(=O)c1cc(NC(=O)Nc2ccc(C(=O)c3ccccc3)cc2)ccc1OC(c1ccccc1)c1ccccc1. The molecule has 0 radical (unpaired) electrons. The first-order chi connectivity index (χ1) is 20.5. The number of benzene rings is 5. The summed E-state index contributed by atoms with van der Waals surface area (Å²) in [6.07, 6.45) is -0.477. The molecular weight excluding hydrogens is 528 g/mol. The second-order valence-corrected chi connectivity index (χ2v) is 9.37. The number of ketones is 1. The number of carbonyl (C=O) groups is 3. The maximum absolute atomic E-state index is 12.8. The van der Waals surface area contributed by atoms with Gasteiger partial charge in [0.2, 0.25) is 0 Å². The molecule has 42 heavy (non-hydrogen) atoms.